The van der Waals surface area contributed by atoms with Crippen molar-refractivity contribution < 1.29 is 14.0 Å². The van der Waals surface area contributed by atoms with E-state index in [1.54, 1.807) is 29.2 Å². The van der Waals surface area contributed by atoms with Crippen molar-refractivity contribution in [3.63, 3.8) is 0 Å². The lowest BCUT2D eigenvalue weighted by atomic mass is 9.93. The molecule has 0 unspecified atom stereocenters. The van der Waals surface area contributed by atoms with Gasteiger partial charge in [0.2, 0.25) is 5.91 Å². The fraction of sp³-hybridized carbons (Fsp3) is 0.548. The molecule has 202 valence electrons. The van der Waals surface area contributed by atoms with Gasteiger partial charge in [-0.05, 0) is 61.7 Å². The molecule has 0 spiro atoms. The molecular weight excluding hydrogens is 465 g/mol. The Morgan fingerprint density at radius 1 is 0.865 bits per heavy atom. The maximum absolute atomic E-state index is 13.6. The molecule has 2 aromatic rings. The normalized spacial score (nSPS) is 13.8. The van der Waals surface area contributed by atoms with Gasteiger partial charge in [0.25, 0.3) is 5.91 Å². The minimum atomic E-state index is -0.293. The van der Waals surface area contributed by atoms with Crippen LogP contribution in [0.25, 0.3) is 0 Å². The maximum atomic E-state index is 13.6. The van der Waals surface area contributed by atoms with Crippen molar-refractivity contribution in [2.24, 2.45) is 0 Å². The monoisotopic (exact) mass is 509 g/mol. The van der Waals surface area contributed by atoms with Gasteiger partial charge in [-0.15, -0.1) is 0 Å². The molecule has 2 aromatic carbocycles. The van der Waals surface area contributed by atoms with Crippen molar-refractivity contribution >= 4 is 23.2 Å². The number of rotatable bonds is 15. The number of carbonyl (C=O) groups excluding carboxylic acids is 2. The van der Waals surface area contributed by atoms with E-state index >= 15 is 0 Å². The first kappa shape index (κ1) is 28.7. The van der Waals surface area contributed by atoms with Crippen LogP contribution in [0, 0.1) is 5.82 Å². The Hall–Kier alpha value is -2.89. The molecule has 0 aromatic heterocycles. The van der Waals surface area contributed by atoms with Crippen LogP contribution in [-0.2, 0) is 4.79 Å². The Bertz CT molecular complexity index is 957. The van der Waals surface area contributed by atoms with E-state index in [0.29, 0.717) is 12.1 Å². The van der Waals surface area contributed by atoms with Crippen LogP contribution < -0.4 is 10.6 Å². The van der Waals surface area contributed by atoms with Crippen molar-refractivity contribution in [2.75, 3.05) is 18.4 Å². The predicted molar refractivity (Wildman–Crippen MR) is 150 cm³/mol. The van der Waals surface area contributed by atoms with Gasteiger partial charge in [0, 0.05) is 29.5 Å². The van der Waals surface area contributed by atoms with Crippen LogP contribution in [-0.4, -0.2) is 35.8 Å². The van der Waals surface area contributed by atoms with E-state index in [0.717, 1.165) is 49.9 Å². The average molecular weight is 510 g/mol. The van der Waals surface area contributed by atoms with Crippen LogP contribution >= 0.6 is 0 Å². The number of nitrogens with one attached hydrogen (secondary N) is 2. The Morgan fingerprint density at radius 2 is 1.54 bits per heavy atom. The second-order valence-electron chi connectivity index (χ2n) is 10.3. The van der Waals surface area contributed by atoms with Gasteiger partial charge in [-0.1, -0.05) is 77.2 Å². The zero-order valence-electron chi connectivity index (χ0n) is 22.4. The molecule has 0 aliphatic heterocycles. The molecule has 0 saturated heterocycles. The minimum Gasteiger partial charge on any atom is -0.356 e. The second-order valence-corrected chi connectivity index (χ2v) is 10.3. The Kier molecular flexibility index (Phi) is 12.4. The topological polar surface area (TPSA) is 61.4 Å². The number of hydrogen-bond acceptors (Lipinski definition) is 3. The van der Waals surface area contributed by atoms with Crippen LogP contribution in [0.5, 0.6) is 0 Å². The van der Waals surface area contributed by atoms with Gasteiger partial charge in [-0.3, -0.25) is 9.59 Å². The quantitative estimate of drug-likeness (QED) is 0.243. The molecule has 2 N–H and O–H groups in total. The molecule has 3 rings (SSSR count). The van der Waals surface area contributed by atoms with E-state index in [-0.39, 0.29) is 30.2 Å². The molecule has 6 heteroatoms. The smallest absolute Gasteiger partial charge is 0.254 e. The summed E-state index contributed by atoms with van der Waals surface area (Å²) in [6.07, 6.45) is 15.0. The van der Waals surface area contributed by atoms with Crippen molar-refractivity contribution in [3.05, 3.63) is 59.9 Å². The van der Waals surface area contributed by atoms with Gasteiger partial charge in [-0.2, -0.15) is 0 Å². The Morgan fingerprint density at radius 3 is 2.24 bits per heavy atom. The van der Waals surface area contributed by atoms with E-state index in [1.165, 1.54) is 57.1 Å². The third-order valence-electron chi connectivity index (χ3n) is 7.19. The summed E-state index contributed by atoms with van der Waals surface area (Å²) in [5.41, 5.74) is 2.05. The highest BCUT2D eigenvalue weighted by Crippen LogP contribution is 2.25. The van der Waals surface area contributed by atoms with Crippen LogP contribution in [0.2, 0.25) is 0 Å². The summed E-state index contributed by atoms with van der Waals surface area (Å²) in [6.45, 7) is 2.99. The molecule has 0 radical (unpaired) electrons. The van der Waals surface area contributed by atoms with Gasteiger partial charge in [0.15, 0.2) is 0 Å². The summed E-state index contributed by atoms with van der Waals surface area (Å²) in [6, 6.07) is 13.5. The maximum Gasteiger partial charge on any atom is 0.254 e. The van der Waals surface area contributed by atoms with Crippen LogP contribution in [0.3, 0.4) is 0 Å². The van der Waals surface area contributed by atoms with Crippen molar-refractivity contribution in [1.29, 1.82) is 0 Å². The zero-order chi connectivity index (χ0) is 26.3. The molecular formula is C31H44FN3O2. The van der Waals surface area contributed by atoms with Crippen LogP contribution in [0.1, 0.15) is 101 Å². The summed E-state index contributed by atoms with van der Waals surface area (Å²) in [5.74, 6) is -0.488. The summed E-state index contributed by atoms with van der Waals surface area (Å²) in [4.78, 5) is 28.2. The fourth-order valence-electron chi connectivity index (χ4n) is 5.05. The van der Waals surface area contributed by atoms with Crippen LogP contribution in [0.4, 0.5) is 15.8 Å². The molecule has 1 aliphatic rings. The van der Waals surface area contributed by atoms with Crippen molar-refractivity contribution in [3.8, 4) is 0 Å². The van der Waals surface area contributed by atoms with Gasteiger partial charge >= 0.3 is 0 Å². The first-order chi connectivity index (χ1) is 18.1. The first-order valence-corrected chi connectivity index (χ1v) is 14.3. The van der Waals surface area contributed by atoms with E-state index in [9.17, 15) is 14.0 Å². The number of unbranched alkanes of at least 4 members (excludes halogenated alkanes) is 7. The fourth-order valence-corrected chi connectivity index (χ4v) is 5.05. The highest BCUT2D eigenvalue weighted by atomic mass is 19.1. The summed E-state index contributed by atoms with van der Waals surface area (Å²) in [5, 5.41) is 6.27. The molecule has 0 atom stereocenters. The largest absolute Gasteiger partial charge is 0.356 e. The summed E-state index contributed by atoms with van der Waals surface area (Å²) >= 11 is 0. The summed E-state index contributed by atoms with van der Waals surface area (Å²) < 4.78 is 13.2. The lowest BCUT2D eigenvalue weighted by Crippen LogP contribution is -2.47. The lowest BCUT2D eigenvalue weighted by Gasteiger charge is -2.34. The van der Waals surface area contributed by atoms with Crippen molar-refractivity contribution in [2.45, 2.75) is 96.4 Å². The number of benzene rings is 2. The van der Waals surface area contributed by atoms with Gasteiger partial charge in [0.1, 0.15) is 12.4 Å². The van der Waals surface area contributed by atoms with E-state index in [1.807, 2.05) is 12.1 Å². The third-order valence-corrected chi connectivity index (χ3v) is 7.19. The number of hydrogen-bond donors (Lipinski definition) is 2. The molecule has 1 saturated carbocycles. The van der Waals surface area contributed by atoms with Gasteiger partial charge in [0.05, 0.1) is 0 Å². The molecule has 0 bridgehead atoms. The van der Waals surface area contributed by atoms with Crippen LogP contribution in [0.15, 0.2) is 48.5 Å². The van der Waals surface area contributed by atoms with E-state index < -0.39 is 0 Å². The number of nitrogens with zero attached hydrogens (tertiary/aromatic N) is 1. The number of anilines is 2. The molecule has 37 heavy (non-hydrogen) atoms. The Labute approximate surface area is 222 Å². The molecule has 5 nitrogen and oxygen atoms in total. The Balaban J connectivity index is 1.54. The van der Waals surface area contributed by atoms with Crippen molar-refractivity contribution in [1.82, 2.24) is 10.2 Å². The average Bonchev–Trinajstić information content (AvgIpc) is 2.92. The number of carbonyl (C=O) groups is 2. The number of halogens is 1. The number of amides is 2. The molecule has 2 amide bonds. The zero-order valence-corrected chi connectivity index (χ0v) is 22.4. The SMILES string of the molecule is CCCCCCCCCCNC(=O)CN(C(=O)c1cccc(Nc2ccc(F)cc2)c1)C1CCCCC1. The van der Waals surface area contributed by atoms with Gasteiger partial charge < -0.3 is 15.5 Å². The molecule has 1 fully saturated rings. The first-order valence-electron chi connectivity index (χ1n) is 14.3. The standard InChI is InChI=1S/C31H44FN3O2/c1-2-3-4-5-6-7-8-12-22-33-30(36)24-35(29-16-10-9-11-17-29)31(37)25-14-13-15-28(23-25)34-27-20-18-26(32)19-21-27/h13-15,18-21,23,29,34H,2-12,16-17,22,24H2,1H3,(H,33,36). The van der Waals surface area contributed by atoms with Gasteiger partial charge in [-0.25, -0.2) is 4.39 Å². The van der Waals surface area contributed by atoms with E-state index in [2.05, 4.69) is 17.6 Å². The minimum absolute atomic E-state index is 0.0811. The van der Waals surface area contributed by atoms with E-state index in [4.69, 9.17) is 0 Å². The molecule has 0 heterocycles. The lowest BCUT2D eigenvalue weighted by molar-refractivity contribution is -0.122. The predicted octanol–water partition coefficient (Wildman–Crippen LogP) is 7.60. The second kappa shape index (κ2) is 16.1. The third kappa shape index (κ3) is 10.2. The molecule has 1 aliphatic carbocycles. The highest BCUT2D eigenvalue weighted by molar-refractivity contribution is 5.97. The summed E-state index contributed by atoms with van der Waals surface area (Å²) in [7, 11) is 0. The highest BCUT2D eigenvalue weighted by Gasteiger charge is 2.28.